The van der Waals surface area contributed by atoms with Crippen molar-refractivity contribution < 1.29 is 4.57 Å². The third-order valence-electron chi connectivity index (χ3n) is 5.50. The minimum absolute atomic E-state index is 0.412. The van der Waals surface area contributed by atoms with Crippen LogP contribution in [0.2, 0.25) is 0 Å². The topological polar surface area (TPSA) is 3.88 Å². The molecular formula is C28H28N+. The summed E-state index contributed by atoms with van der Waals surface area (Å²) in [5, 5.41) is 0. The van der Waals surface area contributed by atoms with Crippen LogP contribution >= 0.6 is 0 Å². The molecular weight excluding hydrogens is 350 g/mol. The molecule has 4 rings (SSSR count). The molecule has 1 aromatic heterocycles. The molecule has 0 radical (unpaired) electrons. The number of pyridine rings is 1. The molecule has 0 saturated carbocycles. The van der Waals surface area contributed by atoms with E-state index in [0.717, 1.165) is 12.8 Å². The maximum Gasteiger partial charge on any atom is 0.213 e. The second-order valence-electron chi connectivity index (χ2n) is 7.62. The van der Waals surface area contributed by atoms with Crippen molar-refractivity contribution in [2.75, 3.05) is 0 Å². The van der Waals surface area contributed by atoms with E-state index in [1.807, 2.05) is 0 Å². The van der Waals surface area contributed by atoms with Crippen LogP contribution in [0.1, 0.15) is 32.7 Å². The minimum Gasteiger partial charge on any atom is -0.189 e. The molecule has 0 amide bonds. The summed E-state index contributed by atoms with van der Waals surface area (Å²) >= 11 is 0. The van der Waals surface area contributed by atoms with Crippen LogP contribution in [0.4, 0.5) is 0 Å². The summed E-state index contributed by atoms with van der Waals surface area (Å²) in [5.74, 6) is 0. The highest BCUT2D eigenvalue weighted by molar-refractivity contribution is 5.73. The first-order valence-corrected chi connectivity index (χ1v) is 10.5. The Kier molecular flexibility index (Phi) is 5.86. The zero-order valence-corrected chi connectivity index (χ0v) is 17.3. The highest BCUT2D eigenvalue weighted by Crippen LogP contribution is 2.30. The molecule has 1 heterocycles. The van der Waals surface area contributed by atoms with Gasteiger partial charge in [0.15, 0.2) is 6.04 Å². The molecule has 29 heavy (non-hydrogen) atoms. The molecule has 0 spiro atoms. The van der Waals surface area contributed by atoms with E-state index in [4.69, 9.17) is 0 Å². The van der Waals surface area contributed by atoms with Crippen molar-refractivity contribution in [2.45, 2.75) is 32.7 Å². The lowest BCUT2D eigenvalue weighted by atomic mass is 9.97. The van der Waals surface area contributed by atoms with Crippen molar-refractivity contribution in [1.82, 2.24) is 0 Å². The highest BCUT2D eigenvalue weighted by Gasteiger charge is 2.26. The van der Waals surface area contributed by atoms with Gasteiger partial charge < -0.3 is 0 Å². The summed E-state index contributed by atoms with van der Waals surface area (Å²) in [6, 6.07) is 37.3. The van der Waals surface area contributed by atoms with Crippen LogP contribution in [0.25, 0.3) is 33.6 Å². The molecule has 0 saturated heterocycles. The molecule has 0 aliphatic carbocycles. The van der Waals surface area contributed by atoms with Gasteiger partial charge in [0.2, 0.25) is 11.4 Å². The number of nitrogens with zero attached hydrogens (tertiary/aromatic N) is 1. The smallest absolute Gasteiger partial charge is 0.189 e. The average Bonchev–Trinajstić information content (AvgIpc) is 2.80. The first kappa shape index (κ1) is 19.1. The lowest BCUT2D eigenvalue weighted by molar-refractivity contribution is -0.699. The van der Waals surface area contributed by atoms with Gasteiger partial charge in [-0.05, 0) is 48.7 Å². The highest BCUT2D eigenvalue weighted by atomic mass is 15.0. The van der Waals surface area contributed by atoms with Crippen LogP contribution in [-0.4, -0.2) is 0 Å². The lowest BCUT2D eigenvalue weighted by Gasteiger charge is -2.17. The largest absolute Gasteiger partial charge is 0.213 e. The monoisotopic (exact) mass is 378 g/mol. The van der Waals surface area contributed by atoms with E-state index in [1.165, 1.54) is 33.6 Å². The Morgan fingerprint density at radius 3 is 1.41 bits per heavy atom. The summed E-state index contributed by atoms with van der Waals surface area (Å²) in [6.07, 6.45) is 2.31. The normalized spacial score (nSPS) is 11.9. The van der Waals surface area contributed by atoms with Gasteiger partial charge in [-0.1, -0.05) is 73.7 Å². The standard InChI is InChI=1S/C28H28N/c1-3-13-22(2)29-27(24-16-9-5-10-17-24)20-26(23-14-7-4-8-15-23)21-28(29)25-18-11-6-12-19-25/h4-12,14-22H,3,13H2,1-2H3/q+1. The van der Waals surface area contributed by atoms with E-state index in [-0.39, 0.29) is 0 Å². The quantitative estimate of drug-likeness (QED) is 0.309. The third kappa shape index (κ3) is 4.14. The first-order chi connectivity index (χ1) is 14.3. The molecule has 1 unspecified atom stereocenters. The lowest BCUT2D eigenvalue weighted by Crippen LogP contribution is -2.42. The zero-order valence-electron chi connectivity index (χ0n) is 17.3. The second-order valence-corrected chi connectivity index (χ2v) is 7.62. The molecule has 4 aromatic rings. The number of benzene rings is 3. The van der Waals surface area contributed by atoms with E-state index < -0.39 is 0 Å². The van der Waals surface area contributed by atoms with Crippen LogP contribution in [0.5, 0.6) is 0 Å². The summed E-state index contributed by atoms with van der Waals surface area (Å²) in [6.45, 7) is 4.60. The Labute approximate surface area is 174 Å². The molecule has 0 aliphatic rings. The third-order valence-corrected chi connectivity index (χ3v) is 5.50. The predicted octanol–water partition coefficient (Wildman–Crippen LogP) is 7.34. The van der Waals surface area contributed by atoms with Gasteiger partial charge in [0.1, 0.15) is 0 Å². The Morgan fingerprint density at radius 2 is 1.00 bits per heavy atom. The van der Waals surface area contributed by atoms with Crippen LogP contribution in [0.15, 0.2) is 103 Å². The molecule has 1 atom stereocenters. The predicted molar refractivity (Wildman–Crippen MR) is 123 cm³/mol. The maximum atomic E-state index is 2.53. The number of aromatic nitrogens is 1. The van der Waals surface area contributed by atoms with E-state index in [1.54, 1.807) is 0 Å². The van der Waals surface area contributed by atoms with E-state index in [2.05, 4.69) is 122 Å². The van der Waals surface area contributed by atoms with Gasteiger partial charge in [0.25, 0.3) is 0 Å². The van der Waals surface area contributed by atoms with Crippen molar-refractivity contribution in [3.05, 3.63) is 103 Å². The van der Waals surface area contributed by atoms with E-state index >= 15 is 0 Å². The fraction of sp³-hybridized carbons (Fsp3) is 0.179. The fourth-order valence-corrected chi connectivity index (χ4v) is 4.09. The van der Waals surface area contributed by atoms with Crippen LogP contribution in [0.3, 0.4) is 0 Å². The number of rotatable bonds is 6. The SMILES string of the molecule is CCCC(C)[n+]1c(-c2ccccc2)cc(-c2ccccc2)cc1-c1ccccc1. The molecule has 0 fully saturated rings. The van der Waals surface area contributed by atoms with Gasteiger partial charge in [-0.15, -0.1) is 0 Å². The molecule has 0 bridgehead atoms. The molecule has 144 valence electrons. The summed E-state index contributed by atoms with van der Waals surface area (Å²) < 4.78 is 2.53. The van der Waals surface area contributed by atoms with E-state index in [0.29, 0.717) is 6.04 Å². The molecule has 0 N–H and O–H groups in total. The Hall–Kier alpha value is -3.19. The van der Waals surface area contributed by atoms with Gasteiger partial charge in [0, 0.05) is 29.7 Å². The van der Waals surface area contributed by atoms with Gasteiger partial charge in [0.05, 0.1) is 0 Å². The Balaban J connectivity index is 2.03. The van der Waals surface area contributed by atoms with Gasteiger partial charge in [-0.3, -0.25) is 0 Å². The van der Waals surface area contributed by atoms with Crippen LogP contribution < -0.4 is 4.57 Å². The van der Waals surface area contributed by atoms with Crippen LogP contribution in [0, 0.1) is 0 Å². The van der Waals surface area contributed by atoms with Crippen molar-refractivity contribution in [3.8, 4) is 33.6 Å². The van der Waals surface area contributed by atoms with Crippen molar-refractivity contribution in [1.29, 1.82) is 0 Å². The first-order valence-electron chi connectivity index (χ1n) is 10.5. The zero-order chi connectivity index (χ0) is 20.1. The Bertz CT molecular complexity index is 993. The maximum absolute atomic E-state index is 2.53. The molecule has 1 nitrogen and oxygen atoms in total. The van der Waals surface area contributed by atoms with Gasteiger partial charge in [-0.25, -0.2) is 0 Å². The summed E-state index contributed by atoms with van der Waals surface area (Å²) in [7, 11) is 0. The number of hydrogen-bond acceptors (Lipinski definition) is 0. The van der Waals surface area contributed by atoms with E-state index in [9.17, 15) is 0 Å². The molecule has 3 aromatic carbocycles. The molecule has 0 aliphatic heterocycles. The van der Waals surface area contributed by atoms with Crippen molar-refractivity contribution >= 4 is 0 Å². The Morgan fingerprint density at radius 1 is 0.586 bits per heavy atom. The fourth-order valence-electron chi connectivity index (χ4n) is 4.09. The van der Waals surface area contributed by atoms with Crippen LogP contribution in [-0.2, 0) is 0 Å². The summed E-state index contributed by atoms with van der Waals surface area (Å²) in [4.78, 5) is 0. The summed E-state index contributed by atoms with van der Waals surface area (Å²) in [5.41, 5.74) is 7.55. The minimum atomic E-state index is 0.412. The van der Waals surface area contributed by atoms with Gasteiger partial charge in [-0.2, -0.15) is 4.57 Å². The van der Waals surface area contributed by atoms with Gasteiger partial charge >= 0.3 is 0 Å². The second kappa shape index (κ2) is 8.87. The van der Waals surface area contributed by atoms with Crippen molar-refractivity contribution in [3.63, 3.8) is 0 Å². The number of hydrogen-bond donors (Lipinski definition) is 0. The van der Waals surface area contributed by atoms with Crippen molar-refractivity contribution in [2.24, 2.45) is 0 Å². The molecule has 1 heteroatoms. The average molecular weight is 379 g/mol.